The lowest BCUT2D eigenvalue weighted by Gasteiger charge is -2.06. The molecular weight excluding hydrogens is 236 g/mol. The van der Waals surface area contributed by atoms with Crippen LogP contribution in [0, 0.1) is 13.8 Å². The maximum absolute atomic E-state index is 11.4. The molecule has 0 fully saturated rings. The number of rotatable bonds is 3. The molecule has 0 atom stereocenters. The summed E-state index contributed by atoms with van der Waals surface area (Å²) in [6, 6.07) is 15.2. The van der Waals surface area contributed by atoms with E-state index in [-0.39, 0.29) is 0 Å². The van der Waals surface area contributed by atoms with Gasteiger partial charge in [-0.15, -0.1) is 0 Å². The first-order valence-electron chi connectivity index (χ1n) is 6.15. The predicted octanol–water partition coefficient (Wildman–Crippen LogP) is 3.93. The standard InChI is InChI=1S/C17H16O2/c1-12-8-9-13(2)15(10-12)11-16(17(18)19)14-6-4-3-5-7-14/h3-11H,1-2H3,(H,18,19). The molecule has 0 aliphatic carbocycles. The lowest BCUT2D eigenvalue weighted by atomic mass is 9.99. The fourth-order valence-electron chi connectivity index (χ4n) is 1.96. The molecule has 96 valence electrons. The van der Waals surface area contributed by atoms with Crippen molar-refractivity contribution in [3.8, 4) is 0 Å². The molecule has 0 heterocycles. The van der Waals surface area contributed by atoms with Gasteiger partial charge >= 0.3 is 5.97 Å². The maximum Gasteiger partial charge on any atom is 0.336 e. The van der Waals surface area contributed by atoms with E-state index in [1.807, 2.05) is 62.4 Å². The van der Waals surface area contributed by atoms with Gasteiger partial charge in [-0.1, -0.05) is 54.1 Å². The molecule has 2 heteroatoms. The van der Waals surface area contributed by atoms with Gasteiger partial charge in [0.2, 0.25) is 0 Å². The van der Waals surface area contributed by atoms with Gasteiger partial charge in [0.15, 0.2) is 0 Å². The zero-order chi connectivity index (χ0) is 13.8. The van der Waals surface area contributed by atoms with E-state index in [0.717, 1.165) is 22.3 Å². The fourth-order valence-corrected chi connectivity index (χ4v) is 1.96. The van der Waals surface area contributed by atoms with E-state index in [0.29, 0.717) is 5.57 Å². The summed E-state index contributed by atoms with van der Waals surface area (Å²) in [5.41, 5.74) is 4.17. The van der Waals surface area contributed by atoms with Crippen LogP contribution in [0.4, 0.5) is 0 Å². The van der Waals surface area contributed by atoms with Crippen molar-refractivity contribution in [2.24, 2.45) is 0 Å². The Morgan fingerprint density at radius 1 is 1.05 bits per heavy atom. The van der Waals surface area contributed by atoms with Gasteiger partial charge in [0.05, 0.1) is 5.57 Å². The summed E-state index contributed by atoms with van der Waals surface area (Å²) in [5, 5.41) is 9.38. The first-order valence-corrected chi connectivity index (χ1v) is 6.15. The van der Waals surface area contributed by atoms with Gasteiger partial charge in [-0.05, 0) is 36.6 Å². The van der Waals surface area contributed by atoms with E-state index < -0.39 is 5.97 Å². The minimum absolute atomic E-state index is 0.314. The third kappa shape index (κ3) is 3.10. The minimum Gasteiger partial charge on any atom is -0.478 e. The van der Waals surface area contributed by atoms with Gasteiger partial charge in [-0.3, -0.25) is 0 Å². The Hall–Kier alpha value is -2.35. The molecule has 2 nitrogen and oxygen atoms in total. The molecule has 2 rings (SSSR count). The molecule has 0 aliphatic rings. The number of hydrogen-bond donors (Lipinski definition) is 1. The van der Waals surface area contributed by atoms with Crippen LogP contribution < -0.4 is 0 Å². The van der Waals surface area contributed by atoms with Crippen molar-refractivity contribution in [2.75, 3.05) is 0 Å². The molecule has 0 radical (unpaired) electrons. The average Bonchev–Trinajstić information content (AvgIpc) is 2.40. The number of benzene rings is 2. The first-order chi connectivity index (χ1) is 9.08. The molecule has 0 saturated carbocycles. The van der Waals surface area contributed by atoms with Crippen molar-refractivity contribution in [1.82, 2.24) is 0 Å². The Morgan fingerprint density at radius 2 is 1.74 bits per heavy atom. The van der Waals surface area contributed by atoms with Crippen molar-refractivity contribution >= 4 is 17.6 Å². The second-order valence-corrected chi connectivity index (χ2v) is 4.59. The lowest BCUT2D eigenvalue weighted by molar-refractivity contribution is -0.130. The normalized spacial score (nSPS) is 11.4. The van der Waals surface area contributed by atoms with Gasteiger partial charge in [-0.2, -0.15) is 0 Å². The summed E-state index contributed by atoms with van der Waals surface area (Å²) in [5.74, 6) is -0.910. The summed E-state index contributed by atoms with van der Waals surface area (Å²) in [7, 11) is 0. The van der Waals surface area contributed by atoms with Gasteiger partial charge < -0.3 is 5.11 Å². The van der Waals surface area contributed by atoms with Crippen LogP contribution in [0.2, 0.25) is 0 Å². The average molecular weight is 252 g/mol. The van der Waals surface area contributed by atoms with Crippen molar-refractivity contribution in [2.45, 2.75) is 13.8 Å². The van der Waals surface area contributed by atoms with Crippen LogP contribution in [0.3, 0.4) is 0 Å². The summed E-state index contributed by atoms with van der Waals surface area (Å²) in [4.78, 5) is 11.4. The van der Waals surface area contributed by atoms with Gasteiger partial charge in [0.1, 0.15) is 0 Å². The van der Waals surface area contributed by atoms with Crippen molar-refractivity contribution < 1.29 is 9.90 Å². The zero-order valence-corrected chi connectivity index (χ0v) is 11.1. The van der Waals surface area contributed by atoms with Crippen LogP contribution in [0.1, 0.15) is 22.3 Å². The second kappa shape index (κ2) is 5.53. The quantitative estimate of drug-likeness (QED) is 0.664. The molecule has 0 amide bonds. The Balaban J connectivity index is 2.54. The molecule has 0 bridgehead atoms. The fraction of sp³-hybridized carbons (Fsp3) is 0.118. The highest BCUT2D eigenvalue weighted by Gasteiger charge is 2.10. The monoisotopic (exact) mass is 252 g/mol. The van der Waals surface area contributed by atoms with E-state index in [1.54, 1.807) is 6.08 Å². The lowest BCUT2D eigenvalue weighted by Crippen LogP contribution is -1.99. The van der Waals surface area contributed by atoms with E-state index in [9.17, 15) is 9.90 Å². The number of hydrogen-bond acceptors (Lipinski definition) is 1. The third-order valence-corrected chi connectivity index (χ3v) is 3.05. The van der Waals surface area contributed by atoms with E-state index in [4.69, 9.17) is 0 Å². The largest absolute Gasteiger partial charge is 0.478 e. The molecule has 2 aromatic rings. The molecule has 2 aromatic carbocycles. The predicted molar refractivity (Wildman–Crippen MR) is 77.9 cm³/mol. The number of carboxylic acid groups (broad SMARTS) is 1. The molecular formula is C17H16O2. The number of aryl methyl sites for hydroxylation is 2. The van der Waals surface area contributed by atoms with Gasteiger partial charge in [-0.25, -0.2) is 4.79 Å². The van der Waals surface area contributed by atoms with Crippen LogP contribution in [-0.2, 0) is 4.79 Å². The minimum atomic E-state index is -0.910. The van der Waals surface area contributed by atoms with Gasteiger partial charge in [0.25, 0.3) is 0 Å². The summed E-state index contributed by atoms with van der Waals surface area (Å²) in [6.07, 6.45) is 1.74. The van der Waals surface area contributed by atoms with E-state index >= 15 is 0 Å². The van der Waals surface area contributed by atoms with Crippen LogP contribution in [0.5, 0.6) is 0 Å². The molecule has 0 unspecified atom stereocenters. The number of carboxylic acids is 1. The maximum atomic E-state index is 11.4. The first kappa shape index (κ1) is 13.1. The Labute approximate surface area is 113 Å². The molecule has 1 N–H and O–H groups in total. The SMILES string of the molecule is Cc1ccc(C)c(C=C(C(=O)O)c2ccccc2)c1. The van der Waals surface area contributed by atoms with Crippen LogP contribution >= 0.6 is 0 Å². The van der Waals surface area contributed by atoms with E-state index in [1.165, 1.54) is 0 Å². The highest BCUT2D eigenvalue weighted by atomic mass is 16.4. The molecule has 0 saturated heterocycles. The topological polar surface area (TPSA) is 37.3 Å². The smallest absolute Gasteiger partial charge is 0.336 e. The van der Waals surface area contributed by atoms with Crippen molar-refractivity contribution in [3.63, 3.8) is 0 Å². The second-order valence-electron chi connectivity index (χ2n) is 4.59. The Bertz CT molecular complexity index is 625. The van der Waals surface area contributed by atoms with Crippen molar-refractivity contribution in [1.29, 1.82) is 0 Å². The van der Waals surface area contributed by atoms with Gasteiger partial charge in [0, 0.05) is 0 Å². The molecule has 19 heavy (non-hydrogen) atoms. The molecule has 0 aromatic heterocycles. The van der Waals surface area contributed by atoms with Crippen LogP contribution in [0.25, 0.3) is 11.6 Å². The highest BCUT2D eigenvalue weighted by Crippen LogP contribution is 2.21. The van der Waals surface area contributed by atoms with E-state index in [2.05, 4.69) is 0 Å². The zero-order valence-electron chi connectivity index (χ0n) is 11.1. The Kier molecular flexibility index (Phi) is 3.81. The third-order valence-electron chi connectivity index (χ3n) is 3.05. The van der Waals surface area contributed by atoms with Crippen molar-refractivity contribution in [3.05, 3.63) is 70.8 Å². The Morgan fingerprint density at radius 3 is 2.37 bits per heavy atom. The summed E-state index contributed by atoms with van der Waals surface area (Å²) >= 11 is 0. The highest BCUT2D eigenvalue weighted by molar-refractivity contribution is 6.20. The summed E-state index contributed by atoms with van der Waals surface area (Å²) in [6.45, 7) is 3.98. The number of aliphatic carboxylic acids is 1. The van der Waals surface area contributed by atoms with Crippen LogP contribution in [-0.4, -0.2) is 11.1 Å². The molecule has 0 aliphatic heterocycles. The molecule has 0 spiro atoms. The van der Waals surface area contributed by atoms with Crippen LogP contribution in [0.15, 0.2) is 48.5 Å². The number of carbonyl (C=O) groups is 1. The summed E-state index contributed by atoms with van der Waals surface area (Å²) < 4.78 is 0.